The van der Waals surface area contributed by atoms with Gasteiger partial charge < -0.3 is 29.0 Å². The molecule has 0 radical (unpaired) electrons. The zero-order valence-electron chi connectivity index (χ0n) is 16.7. The number of phenolic OH excluding ortho intramolecular Hbond substituents is 1. The molecule has 7 nitrogen and oxygen atoms in total. The number of anilines is 1. The first-order chi connectivity index (χ1) is 13.4. The van der Waals surface area contributed by atoms with Gasteiger partial charge in [-0.1, -0.05) is 12.6 Å². The average Bonchev–Trinajstić information content (AvgIpc) is 2.70. The van der Waals surface area contributed by atoms with Gasteiger partial charge in [-0.15, -0.1) is 0 Å². The number of ether oxygens (including phenoxy) is 4. The molecule has 0 aromatic heterocycles. The molecule has 1 amide bonds. The molecule has 0 aliphatic heterocycles. The lowest BCUT2D eigenvalue weighted by Crippen LogP contribution is -2.30. The van der Waals surface area contributed by atoms with Gasteiger partial charge in [0.05, 0.1) is 40.7 Å². The van der Waals surface area contributed by atoms with E-state index in [0.29, 0.717) is 39.8 Å². The summed E-state index contributed by atoms with van der Waals surface area (Å²) in [7, 11) is 6.00. The normalized spacial score (nSPS) is 10.2. The smallest absolute Gasteiger partial charge is 0.253 e. The Morgan fingerprint density at radius 3 is 1.96 bits per heavy atom. The molecule has 2 aromatic carbocycles. The van der Waals surface area contributed by atoms with Crippen LogP contribution in [0.3, 0.4) is 0 Å². The molecular weight excluding hydrogens is 362 g/mol. The summed E-state index contributed by atoms with van der Waals surface area (Å²) in [6, 6.07) is 8.34. The average molecular weight is 387 g/mol. The number of carbonyl (C=O) groups is 1. The number of benzene rings is 2. The molecule has 0 atom stereocenters. The molecule has 0 heterocycles. The second-order valence-electron chi connectivity index (χ2n) is 6.06. The molecule has 28 heavy (non-hydrogen) atoms. The van der Waals surface area contributed by atoms with Crippen LogP contribution in [0.5, 0.6) is 28.7 Å². The summed E-state index contributed by atoms with van der Waals surface area (Å²) in [5.74, 6) is 1.35. The first-order valence-corrected chi connectivity index (χ1v) is 8.49. The Morgan fingerprint density at radius 1 is 0.964 bits per heavy atom. The minimum absolute atomic E-state index is 0.00684. The Labute approximate surface area is 164 Å². The van der Waals surface area contributed by atoms with Crippen LogP contribution in [0.1, 0.15) is 12.5 Å². The van der Waals surface area contributed by atoms with Crippen LogP contribution in [-0.4, -0.2) is 39.5 Å². The highest BCUT2D eigenvalue weighted by Crippen LogP contribution is 2.41. The molecule has 0 aliphatic carbocycles. The molecular formula is C21H25NO6. The van der Waals surface area contributed by atoms with Crippen molar-refractivity contribution in [3.05, 3.63) is 48.0 Å². The van der Waals surface area contributed by atoms with Crippen LogP contribution in [0.4, 0.5) is 5.69 Å². The van der Waals surface area contributed by atoms with Crippen molar-refractivity contribution in [2.24, 2.45) is 0 Å². The molecule has 1 N–H and O–H groups in total. The van der Waals surface area contributed by atoms with Gasteiger partial charge in [-0.3, -0.25) is 4.79 Å². The Kier molecular flexibility index (Phi) is 6.76. The van der Waals surface area contributed by atoms with E-state index in [9.17, 15) is 9.90 Å². The van der Waals surface area contributed by atoms with Crippen molar-refractivity contribution < 1.29 is 28.8 Å². The number of methoxy groups -OCH3 is 4. The summed E-state index contributed by atoms with van der Waals surface area (Å²) in [6.45, 7) is 5.59. The van der Waals surface area contributed by atoms with Gasteiger partial charge in [0, 0.05) is 17.7 Å². The fourth-order valence-corrected chi connectivity index (χ4v) is 2.75. The fourth-order valence-electron chi connectivity index (χ4n) is 2.75. The largest absolute Gasteiger partial charge is 0.504 e. The maximum absolute atomic E-state index is 12.8. The summed E-state index contributed by atoms with van der Waals surface area (Å²) in [6.07, 6.45) is 0. The first kappa shape index (κ1) is 21.0. The minimum atomic E-state index is -0.274. The lowest BCUT2D eigenvalue weighted by atomic mass is 10.1. The summed E-state index contributed by atoms with van der Waals surface area (Å²) in [4.78, 5) is 14.4. The van der Waals surface area contributed by atoms with Gasteiger partial charge in [0.25, 0.3) is 5.91 Å². The van der Waals surface area contributed by atoms with Crippen LogP contribution in [0.25, 0.3) is 0 Å². The summed E-state index contributed by atoms with van der Waals surface area (Å²) in [5.41, 5.74) is 1.62. The van der Waals surface area contributed by atoms with E-state index in [-0.39, 0.29) is 18.2 Å². The predicted octanol–water partition coefficient (Wildman–Crippen LogP) is 3.54. The van der Waals surface area contributed by atoms with Crippen molar-refractivity contribution in [3.8, 4) is 28.7 Å². The van der Waals surface area contributed by atoms with E-state index in [4.69, 9.17) is 18.9 Å². The number of aromatic hydroxyl groups is 1. The highest BCUT2D eigenvalue weighted by atomic mass is 16.5. The van der Waals surface area contributed by atoms with Crippen LogP contribution in [0.15, 0.2) is 42.5 Å². The second-order valence-corrected chi connectivity index (χ2v) is 6.06. The highest BCUT2D eigenvalue weighted by molar-refractivity contribution is 6.05. The number of carbonyl (C=O) groups excluding carboxylic acids is 1. The molecule has 2 aromatic rings. The zero-order valence-corrected chi connectivity index (χ0v) is 16.7. The van der Waals surface area contributed by atoms with E-state index in [1.54, 1.807) is 37.3 Å². The van der Waals surface area contributed by atoms with Crippen molar-refractivity contribution >= 4 is 11.6 Å². The van der Waals surface area contributed by atoms with E-state index in [2.05, 4.69) is 6.58 Å². The maximum atomic E-state index is 12.8. The molecule has 150 valence electrons. The number of phenols is 1. The van der Waals surface area contributed by atoms with Gasteiger partial charge in [-0.2, -0.15) is 0 Å². The van der Waals surface area contributed by atoms with E-state index in [1.807, 2.05) is 0 Å². The number of amides is 1. The summed E-state index contributed by atoms with van der Waals surface area (Å²) >= 11 is 0. The van der Waals surface area contributed by atoms with Crippen LogP contribution in [-0.2, 0) is 11.3 Å². The van der Waals surface area contributed by atoms with E-state index >= 15 is 0 Å². The van der Waals surface area contributed by atoms with Gasteiger partial charge in [-0.05, 0) is 24.6 Å². The predicted molar refractivity (Wildman–Crippen MR) is 107 cm³/mol. The lowest BCUT2D eigenvalue weighted by Gasteiger charge is -2.25. The van der Waals surface area contributed by atoms with Crippen molar-refractivity contribution in [3.63, 3.8) is 0 Å². The maximum Gasteiger partial charge on any atom is 0.253 e. The molecule has 2 rings (SSSR count). The topological polar surface area (TPSA) is 77.5 Å². The Bertz CT molecular complexity index is 852. The van der Waals surface area contributed by atoms with Crippen molar-refractivity contribution in [2.75, 3.05) is 33.3 Å². The first-order valence-electron chi connectivity index (χ1n) is 8.49. The van der Waals surface area contributed by atoms with Gasteiger partial charge in [0.2, 0.25) is 5.75 Å². The number of hydrogen-bond acceptors (Lipinski definition) is 6. The van der Waals surface area contributed by atoms with E-state index < -0.39 is 0 Å². The number of hydrogen-bond donors (Lipinski definition) is 1. The van der Waals surface area contributed by atoms with Crippen LogP contribution in [0.2, 0.25) is 0 Å². The van der Waals surface area contributed by atoms with Gasteiger partial charge >= 0.3 is 0 Å². The molecule has 0 aliphatic rings. The van der Waals surface area contributed by atoms with Crippen LogP contribution >= 0.6 is 0 Å². The third-order valence-electron chi connectivity index (χ3n) is 4.16. The third kappa shape index (κ3) is 4.31. The van der Waals surface area contributed by atoms with Crippen molar-refractivity contribution in [1.29, 1.82) is 0 Å². The monoisotopic (exact) mass is 387 g/mol. The Hall–Kier alpha value is -3.35. The molecule has 7 heteroatoms. The lowest BCUT2D eigenvalue weighted by molar-refractivity contribution is -0.115. The van der Waals surface area contributed by atoms with Crippen molar-refractivity contribution in [2.45, 2.75) is 13.5 Å². The third-order valence-corrected chi connectivity index (χ3v) is 4.16. The SMILES string of the molecule is C=C(C)C(=O)N(Cc1ccc(OC)c(O)c1)c1cc(OC)c(OC)c(OC)c1. The van der Waals surface area contributed by atoms with E-state index in [1.165, 1.54) is 33.3 Å². The molecule has 0 spiro atoms. The number of nitrogens with zero attached hydrogens (tertiary/aromatic N) is 1. The van der Waals surface area contributed by atoms with Crippen LogP contribution in [0, 0.1) is 0 Å². The van der Waals surface area contributed by atoms with Crippen LogP contribution < -0.4 is 23.8 Å². The fraction of sp³-hybridized carbons (Fsp3) is 0.286. The van der Waals surface area contributed by atoms with Gasteiger partial charge in [0.15, 0.2) is 23.0 Å². The van der Waals surface area contributed by atoms with E-state index in [0.717, 1.165) is 0 Å². The Morgan fingerprint density at radius 2 is 1.54 bits per heavy atom. The molecule has 0 unspecified atom stereocenters. The molecule has 0 bridgehead atoms. The van der Waals surface area contributed by atoms with Gasteiger partial charge in [0.1, 0.15) is 0 Å². The Balaban J connectivity index is 2.54. The molecule has 0 saturated heterocycles. The zero-order chi connectivity index (χ0) is 20.8. The highest BCUT2D eigenvalue weighted by Gasteiger charge is 2.22. The molecule has 0 saturated carbocycles. The quantitative estimate of drug-likeness (QED) is 0.698. The number of rotatable bonds is 8. The summed E-state index contributed by atoms with van der Waals surface area (Å²) < 4.78 is 21.2. The van der Waals surface area contributed by atoms with Crippen molar-refractivity contribution in [1.82, 2.24) is 0 Å². The molecule has 0 fully saturated rings. The summed E-state index contributed by atoms with van der Waals surface area (Å²) in [5, 5.41) is 10.1. The minimum Gasteiger partial charge on any atom is -0.504 e. The second kappa shape index (κ2) is 9.03. The van der Waals surface area contributed by atoms with Gasteiger partial charge in [-0.25, -0.2) is 0 Å². The standard InChI is InChI=1S/C21H25NO6/c1-13(2)21(24)22(12-14-7-8-17(25-3)16(23)9-14)15-10-18(26-4)20(28-6)19(11-15)27-5/h7-11,23H,1,12H2,2-6H3.